The maximum atomic E-state index is 13.5. The summed E-state index contributed by atoms with van der Waals surface area (Å²) < 4.78 is 34.3. The number of unbranched alkanes of at least 4 members (excludes halogenated alkanes) is 1. The normalized spacial score (nSPS) is 13.7. The van der Waals surface area contributed by atoms with Gasteiger partial charge in [-0.05, 0) is 41.0 Å². The number of ether oxygens (including phenoxy) is 1. The zero-order chi connectivity index (χ0) is 20.1. The van der Waals surface area contributed by atoms with E-state index in [9.17, 15) is 8.42 Å². The lowest BCUT2D eigenvalue weighted by Crippen LogP contribution is -2.46. The summed E-state index contributed by atoms with van der Waals surface area (Å²) in [6.07, 6.45) is 2.89. The summed E-state index contributed by atoms with van der Waals surface area (Å²) >= 11 is 1.28. The summed E-state index contributed by atoms with van der Waals surface area (Å²) in [4.78, 5) is 0. The van der Waals surface area contributed by atoms with Gasteiger partial charge in [-0.15, -0.1) is 11.3 Å². The molecule has 1 aromatic carbocycles. The van der Waals surface area contributed by atoms with Gasteiger partial charge in [0.1, 0.15) is 9.96 Å². The van der Waals surface area contributed by atoms with Gasteiger partial charge < -0.3 is 4.74 Å². The Morgan fingerprint density at radius 3 is 2.30 bits per heavy atom. The van der Waals surface area contributed by atoms with Crippen LogP contribution in [0.4, 0.5) is 0 Å². The van der Waals surface area contributed by atoms with Crippen molar-refractivity contribution in [2.45, 2.75) is 63.8 Å². The molecule has 0 fully saturated rings. The first kappa shape index (κ1) is 21.9. The van der Waals surface area contributed by atoms with Crippen LogP contribution in [-0.4, -0.2) is 25.9 Å². The quantitative estimate of drug-likeness (QED) is 0.545. The topological polar surface area (TPSA) is 46.6 Å². The molecule has 1 unspecified atom stereocenters. The van der Waals surface area contributed by atoms with E-state index in [0.717, 1.165) is 30.6 Å². The van der Waals surface area contributed by atoms with E-state index in [1.807, 2.05) is 29.6 Å². The molecule has 0 spiro atoms. The zero-order valence-electron chi connectivity index (χ0n) is 16.9. The molecule has 0 aliphatic rings. The molecule has 1 heterocycles. The molecule has 0 aliphatic heterocycles. The molecule has 0 saturated carbocycles. The number of sulfonamides is 1. The molecule has 1 aromatic heterocycles. The molecule has 0 saturated heterocycles. The van der Waals surface area contributed by atoms with Crippen molar-refractivity contribution in [3.63, 3.8) is 0 Å². The van der Waals surface area contributed by atoms with E-state index in [-0.39, 0.29) is 11.5 Å². The average molecular weight is 410 g/mol. The number of hydrogen-bond donors (Lipinski definition) is 0. The summed E-state index contributed by atoms with van der Waals surface area (Å²) in [5, 5.41) is 1.82. The Morgan fingerprint density at radius 2 is 1.81 bits per heavy atom. The minimum absolute atomic E-state index is 0.0772. The monoisotopic (exact) mass is 409 g/mol. The van der Waals surface area contributed by atoms with Crippen LogP contribution in [0.15, 0.2) is 46.0 Å². The Morgan fingerprint density at radius 1 is 1.15 bits per heavy atom. The lowest BCUT2D eigenvalue weighted by molar-refractivity contribution is 0.158. The summed E-state index contributed by atoms with van der Waals surface area (Å²) in [7, 11) is -1.94. The largest absolute Gasteiger partial charge is 0.497 e. The van der Waals surface area contributed by atoms with E-state index in [2.05, 4.69) is 27.7 Å². The third-order valence-corrected chi connectivity index (χ3v) is 7.96. The van der Waals surface area contributed by atoms with Gasteiger partial charge in [-0.1, -0.05) is 58.7 Å². The predicted octanol–water partition coefficient (Wildman–Crippen LogP) is 5.55. The van der Waals surface area contributed by atoms with E-state index in [1.165, 1.54) is 11.3 Å². The Kier molecular flexibility index (Phi) is 7.48. The lowest BCUT2D eigenvalue weighted by Gasteiger charge is -2.39. The van der Waals surface area contributed by atoms with Crippen molar-refractivity contribution in [1.29, 1.82) is 0 Å². The van der Waals surface area contributed by atoms with Crippen molar-refractivity contribution in [2.75, 3.05) is 7.11 Å². The smallest absolute Gasteiger partial charge is 0.253 e. The molecule has 0 N–H and O–H groups in total. The molecule has 2 aromatic rings. The highest BCUT2D eigenvalue weighted by Gasteiger charge is 2.38. The van der Waals surface area contributed by atoms with Crippen LogP contribution in [-0.2, 0) is 16.6 Å². The first-order valence-corrected chi connectivity index (χ1v) is 11.7. The number of benzene rings is 1. The van der Waals surface area contributed by atoms with Gasteiger partial charge in [-0.2, -0.15) is 4.31 Å². The van der Waals surface area contributed by atoms with Gasteiger partial charge in [-0.3, -0.25) is 0 Å². The van der Waals surface area contributed by atoms with E-state index in [1.54, 1.807) is 23.5 Å². The van der Waals surface area contributed by atoms with Crippen molar-refractivity contribution >= 4 is 21.4 Å². The van der Waals surface area contributed by atoms with Gasteiger partial charge in [0.2, 0.25) is 0 Å². The van der Waals surface area contributed by atoms with Gasteiger partial charge in [0.25, 0.3) is 10.0 Å². The highest BCUT2D eigenvalue weighted by Crippen LogP contribution is 2.35. The predicted molar refractivity (Wildman–Crippen MR) is 113 cm³/mol. The maximum Gasteiger partial charge on any atom is 0.253 e. The highest BCUT2D eigenvalue weighted by atomic mass is 32.2. The molecule has 0 radical (unpaired) electrons. The first-order valence-electron chi connectivity index (χ1n) is 9.38. The number of hydrogen-bond acceptors (Lipinski definition) is 4. The number of methoxy groups -OCH3 is 1. The molecule has 27 heavy (non-hydrogen) atoms. The summed E-state index contributed by atoms with van der Waals surface area (Å²) in [6.45, 7) is 8.87. The first-order chi connectivity index (χ1) is 12.7. The van der Waals surface area contributed by atoms with Crippen LogP contribution in [0.3, 0.4) is 0 Å². The molecule has 4 nitrogen and oxygen atoms in total. The molecular formula is C21H31NO3S2. The molecule has 0 aliphatic carbocycles. The van der Waals surface area contributed by atoms with Crippen LogP contribution >= 0.6 is 11.3 Å². The number of rotatable bonds is 9. The molecule has 0 bridgehead atoms. The molecule has 150 valence electrons. The van der Waals surface area contributed by atoms with Crippen molar-refractivity contribution in [2.24, 2.45) is 5.41 Å². The Bertz CT molecular complexity index is 791. The van der Waals surface area contributed by atoms with Gasteiger partial charge in [0.15, 0.2) is 0 Å². The van der Waals surface area contributed by atoms with Crippen LogP contribution in [0, 0.1) is 5.41 Å². The third kappa shape index (κ3) is 5.56. The van der Waals surface area contributed by atoms with Crippen molar-refractivity contribution in [3.8, 4) is 5.75 Å². The van der Waals surface area contributed by atoms with E-state index in [4.69, 9.17) is 4.74 Å². The van der Waals surface area contributed by atoms with E-state index >= 15 is 0 Å². The fraction of sp³-hybridized carbons (Fsp3) is 0.524. The van der Waals surface area contributed by atoms with Crippen molar-refractivity contribution in [3.05, 3.63) is 47.3 Å². The van der Waals surface area contributed by atoms with Gasteiger partial charge >= 0.3 is 0 Å². The van der Waals surface area contributed by atoms with Crippen LogP contribution in [0.2, 0.25) is 0 Å². The molecule has 1 atom stereocenters. The zero-order valence-corrected chi connectivity index (χ0v) is 18.6. The average Bonchev–Trinajstić information content (AvgIpc) is 3.16. The standard InChI is InChI=1S/C21H31NO3S2/c1-6-7-9-19(21(2,3)4)22(27(23,24)20-10-8-15-26-20)16-17-11-13-18(25-5)14-12-17/h8,10-15,19H,6-7,9,16H2,1-5H3. The van der Waals surface area contributed by atoms with Crippen LogP contribution in [0.25, 0.3) is 0 Å². The Balaban J connectivity index is 2.45. The Hall–Kier alpha value is -1.37. The molecule has 0 amide bonds. The second-order valence-corrected chi connectivity index (χ2v) is 10.9. The van der Waals surface area contributed by atoms with E-state index < -0.39 is 10.0 Å². The molecule has 2 rings (SSSR count). The maximum absolute atomic E-state index is 13.5. The minimum Gasteiger partial charge on any atom is -0.497 e. The second-order valence-electron chi connectivity index (χ2n) is 7.85. The fourth-order valence-electron chi connectivity index (χ4n) is 3.21. The highest BCUT2D eigenvalue weighted by molar-refractivity contribution is 7.91. The van der Waals surface area contributed by atoms with Gasteiger partial charge in [0.05, 0.1) is 7.11 Å². The summed E-state index contributed by atoms with van der Waals surface area (Å²) in [6, 6.07) is 11.0. The second kappa shape index (κ2) is 9.22. The van der Waals surface area contributed by atoms with Gasteiger partial charge in [-0.25, -0.2) is 8.42 Å². The number of thiophene rings is 1. The van der Waals surface area contributed by atoms with Crippen molar-refractivity contribution < 1.29 is 13.2 Å². The lowest BCUT2D eigenvalue weighted by atomic mass is 9.83. The summed E-state index contributed by atoms with van der Waals surface area (Å²) in [5.41, 5.74) is 0.799. The minimum atomic E-state index is -3.56. The molecule has 6 heteroatoms. The van der Waals surface area contributed by atoms with E-state index in [0.29, 0.717) is 10.8 Å². The van der Waals surface area contributed by atoms with Crippen LogP contribution in [0.5, 0.6) is 5.75 Å². The summed E-state index contributed by atoms with van der Waals surface area (Å²) in [5.74, 6) is 0.768. The van der Waals surface area contributed by atoms with Crippen LogP contribution in [0.1, 0.15) is 52.5 Å². The number of nitrogens with zero attached hydrogens (tertiary/aromatic N) is 1. The molecular weight excluding hydrogens is 378 g/mol. The fourth-order valence-corrected chi connectivity index (χ4v) is 6.15. The Labute approximate surface area is 168 Å². The van der Waals surface area contributed by atoms with Gasteiger partial charge in [0, 0.05) is 12.6 Å². The van der Waals surface area contributed by atoms with Crippen molar-refractivity contribution in [1.82, 2.24) is 4.31 Å². The van der Waals surface area contributed by atoms with Crippen LogP contribution < -0.4 is 4.74 Å². The SMILES string of the molecule is CCCCC(N(Cc1ccc(OC)cc1)S(=O)(=O)c1cccs1)C(C)(C)C. The third-order valence-electron chi connectivity index (χ3n) is 4.73.